The van der Waals surface area contributed by atoms with E-state index in [4.69, 9.17) is 4.74 Å². The Morgan fingerprint density at radius 3 is 2.22 bits per heavy atom. The third-order valence-corrected chi connectivity index (χ3v) is 5.71. The maximum Gasteiger partial charge on any atom is 0.254 e. The zero-order valence-corrected chi connectivity index (χ0v) is 18.7. The van der Waals surface area contributed by atoms with Crippen molar-refractivity contribution in [2.24, 2.45) is 0 Å². The molecule has 3 rings (SSSR count). The van der Waals surface area contributed by atoms with Crippen molar-refractivity contribution in [2.45, 2.75) is 45.1 Å². The number of amides is 3. The number of aryl methyl sites for hydroxylation is 1. The van der Waals surface area contributed by atoms with Crippen molar-refractivity contribution in [1.82, 2.24) is 10.2 Å². The smallest absolute Gasteiger partial charge is 0.254 e. The van der Waals surface area contributed by atoms with Crippen molar-refractivity contribution in [1.29, 1.82) is 0 Å². The van der Waals surface area contributed by atoms with Crippen LogP contribution in [0.2, 0.25) is 0 Å². The Labute approximate surface area is 189 Å². The van der Waals surface area contributed by atoms with Gasteiger partial charge in [-0.15, -0.1) is 0 Å². The summed E-state index contributed by atoms with van der Waals surface area (Å²) in [5, 5.41) is 5.37. The second-order valence-electron chi connectivity index (χ2n) is 8.14. The summed E-state index contributed by atoms with van der Waals surface area (Å²) < 4.78 is 5.10. The summed E-state index contributed by atoms with van der Waals surface area (Å²) in [6.07, 6.45) is 5.04. The summed E-state index contributed by atoms with van der Waals surface area (Å²) in [7, 11) is 1.57. The normalized spacial score (nSPS) is 13.8. The number of rotatable bonds is 8. The lowest BCUT2D eigenvalue weighted by molar-refractivity contribution is -0.125. The predicted octanol–water partition coefficient (Wildman–Crippen LogP) is 3.53. The van der Waals surface area contributed by atoms with Gasteiger partial charge in [-0.05, 0) is 56.2 Å². The highest BCUT2D eigenvalue weighted by Gasteiger charge is 2.28. The van der Waals surface area contributed by atoms with Gasteiger partial charge in [-0.1, -0.05) is 37.0 Å². The van der Waals surface area contributed by atoms with Crippen LogP contribution in [0.3, 0.4) is 0 Å². The molecule has 0 spiro atoms. The van der Waals surface area contributed by atoms with E-state index in [1.54, 1.807) is 48.4 Å². The lowest BCUT2D eigenvalue weighted by Gasteiger charge is -2.34. The highest BCUT2D eigenvalue weighted by Crippen LogP contribution is 2.24. The molecule has 0 radical (unpaired) electrons. The van der Waals surface area contributed by atoms with Crippen LogP contribution in [0.5, 0.6) is 5.75 Å². The average molecular weight is 438 g/mol. The summed E-state index contributed by atoms with van der Waals surface area (Å²) in [6.45, 7) is 1.74. The van der Waals surface area contributed by atoms with Gasteiger partial charge in [-0.25, -0.2) is 0 Å². The fourth-order valence-electron chi connectivity index (χ4n) is 3.89. The van der Waals surface area contributed by atoms with E-state index in [1.807, 2.05) is 19.1 Å². The molecule has 0 bridgehead atoms. The molecule has 0 saturated heterocycles. The summed E-state index contributed by atoms with van der Waals surface area (Å²) >= 11 is 0. The second kappa shape index (κ2) is 11.3. The Morgan fingerprint density at radius 1 is 0.938 bits per heavy atom. The largest absolute Gasteiger partial charge is 0.497 e. The van der Waals surface area contributed by atoms with Gasteiger partial charge in [0.05, 0.1) is 13.7 Å². The third kappa shape index (κ3) is 6.57. The summed E-state index contributed by atoms with van der Waals surface area (Å²) in [6, 6.07) is 14.4. The van der Waals surface area contributed by atoms with Crippen LogP contribution in [0.25, 0.3) is 0 Å². The van der Waals surface area contributed by atoms with Gasteiger partial charge in [-0.2, -0.15) is 0 Å². The van der Waals surface area contributed by atoms with E-state index >= 15 is 0 Å². The second-order valence-corrected chi connectivity index (χ2v) is 8.14. The Balaban J connectivity index is 1.58. The van der Waals surface area contributed by atoms with E-state index in [0.717, 1.165) is 37.7 Å². The first-order valence-electron chi connectivity index (χ1n) is 11.0. The highest BCUT2D eigenvalue weighted by molar-refractivity contribution is 5.98. The molecule has 0 heterocycles. The Bertz CT molecular complexity index is 919. The van der Waals surface area contributed by atoms with Crippen molar-refractivity contribution in [3.8, 4) is 5.75 Å². The number of benzene rings is 2. The first-order valence-corrected chi connectivity index (χ1v) is 11.0. The minimum atomic E-state index is -0.346. The molecule has 1 aliphatic rings. The third-order valence-electron chi connectivity index (χ3n) is 5.71. The molecule has 170 valence electrons. The zero-order valence-electron chi connectivity index (χ0n) is 18.7. The molecule has 1 saturated carbocycles. The Morgan fingerprint density at radius 2 is 1.59 bits per heavy atom. The number of nitrogens with one attached hydrogen (secondary N) is 2. The minimum Gasteiger partial charge on any atom is -0.497 e. The zero-order chi connectivity index (χ0) is 22.9. The van der Waals surface area contributed by atoms with Gasteiger partial charge < -0.3 is 20.3 Å². The maximum absolute atomic E-state index is 13.2. The maximum atomic E-state index is 13.2. The number of hydrogen-bond donors (Lipinski definition) is 2. The van der Waals surface area contributed by atoms with E-state index in [9.17, 15) is 14.4 Å². The summed E-state index contributed by atoms with van der Waals surface area (Å²) in [5.41, 5.74) is 2.26. The minimum absolute atomic E-state index is 0.0384. The van der Waals surface area contributed by atoms with Crippen LogP contribution in [0.15, 0.2) is 48.5 Å². The van der Waals surface area contributed by atoms with E-state index in [-0.39, 0.29) is 36.9 Å². The predicted molar refractivity (Wildman–Crippen MR) is 124 cm³/mol. The molecular weight excluding hydrogens is 406 g/mol. The molecule has 32 heavy (non-hydrogen) atoms. The SMILES string of the molecule is COc1ccc(NC(=O)CNC(=O)CN(C(=O)c2ccc(C)cc2)C2CCCCC2)cc1. The Hall–Kier alpha value is -3.35. The fourth-order valence-corrected chi connectivity index (χ4v) is 3.89. The molecule has 0 atom stereocenters. The van der Waals surface area contributed by atoms with Crippen molar-refractivity contribution in [3.05, 3.63) is 59.7 Å². The first kappa shape index (κ1) is 23.3. The molecule has 3 amide bonds. The van der Waals surface area contributed by atoms with E-state index in [1.165, 1.54) is 0 Å². The highest BCUT2D eigenvalue weighted by atomic mass is 16.5. The molecule has 1 aliphatic carbocycles. The number of carbonyl (C=O) groups excluding carboxylic acids is 3. The van der Waals surface area contributed by atoms with Crippen LogP contribution in [-0.4, -0.2) is 48.9 Å². The van der Waals surface area contributed by atoms with Crippen LogP contribution in [0.4, 0.5) is 5.69 Å². The van der Waals surface area contributed by atoms with E-state index in [2.05, 4.69) is 10.6 Å². The van der Waals surface area contributed by atoms with Gasteiger partial charge in [0.25, 0.3) is 5.91 Å². The molecule has 7 nitrogen and oxygen atoms in total. The van der Waals surface area contributed by atoms with Gasteiger partial charge in [-0.3, -0.25) is 14.4 Å². The van der Waals surface area contributed by atoms with Gasteiger partial charge in [0.1, 0.15) is 12.3 Å². The monoisotopic (exact) mass is 437 g/mol. The van der Waals surface area contributed by atoms with Crippen LogP contribution >= 0.6 is 0 Å². The lowest BCUT2D eigenvalue weighted by atomic mass is 9.93. The van der Waals surface area contributed by atoms with Crippen LogP contribution in [0.1, 0.15) is 48.0 Å². The number of hydrogen-bond acceptors (Lipinski definition) is 4. The van der Waals surface area contributed by atoms with Crippen molar-refractivity contribution in [3.63, 3.8) is 0 Å². The quantitative estimate of drug-likeness (QED) is 0.661. The number of carbonyl (C=O) groups is 3. The molecule has 0 aromatic heterocycles. The molecule has 1 fully saturated rings. The van der Waals surface area contributed by atoms with E-state index < -0.39 is 0 Å². The molecule has 7 heteroatoms. The first-order chi connectivity index (χ1) is 15.5. The number of nitrogens with zero attached hydrogens (tertiary/aromatic N) is 1. The van der Waals surface area contributed by atoms with Gasteiger partial charge >= 0.3 is 0 Å². The molecule has 2 aromatic carbocycles. The van der Waals surface area contributed by atoms with Gasteiger partial charge in [0.15, 0.2) is 0 Å². The lowest BCUT2D eigenvalue weighted by Crippen LogP contribution is -2.48. The van der Waals surface area contributed by atoms with E-state index in [0.29, 0.717) is 17.0 Å². The molecule has 0 unspecified atom stereocenters. The van der Waals surface area contributed by atoms with Crippen LogP contribution in [0, 0.1) is 6.92 Å². The summed E-state index contributed by atoms with van der Waals surface area (Å²) in [5.74, 6) is -0.134. The number of anilines is 1. The molecule has 2 aromatic rings. The standard InChI is InChI=1S/C25H31N3O4/c1-18-8-10-19(11-9-18)25(31)28(21-6-4-3-5-7-21)17-24(30)26-16-23(29)27-20-12-14-22(32-2)15-13-20/h8-15,21H,3-7,16-17H2,1-2H3,(H,26,30)(H,27,29). The number of methoxy groups -OCH3 is 1. The van der Waals surface area contributed by atoms with Crippen molar-refractivity contribution in [2.75, 3.05) is 25.5 Å². The summed E-state index contributed by atoms with van der Waals surface area (Å²) in [4.78, 5) is 39.7. The van der Waals surface area contributed by atoms with Crippen molar-refractivity contribution < 1.29 is 19.1 Å². The number of ether oxygens (including phenoxy) is 1. The molecule has 2 N–H and O–H groups in total. The van der Waals surface area contributed by atoms with Crippen LogP contribution < -0.4 is 15.4 Å². The average Bonchev–Trinajstić information content (AvgIpc) is 2.82. The van der Waals surface area contributed by atoms with Gasteiger partial charge in [0.2, 0.25) is 11.8 Å². The topological polar surface area (TPSA) is 87.7 Å². The molecule has 0 aliphatic heterocycles. The van der Waals surface area contributed by atoms with Crippen molar-refractivity contribution >= 4 is 23.4 Å². The van der Waals surface area contributed by atoms with Crippen LogP contribution in [-0.2, 0) is 9.59 Å². The molecular formula is C25H31N3O4. The Kier molecular flexibility index (Phi) is 8.25. The fraction of sp³-hybridized carbons (Fsp3) is 0.400. The van der Waals surface area contributed by atoms with Gasteiger partial charge in [0, 0.05) is 17.3 Å².